The van der Waals surface area contributed by atoms with E-state index in [4.69, 9.17) is 0 Å². The summed E-state index contributed by atoms with van der Waals surface area (Å²) >= 11 is 0. The lowest BCUT2D eigenvalue weighted by atomic mass is 9.99. The second-order valence-corrected chi connectivity index (χ2v) is 5.89. The Morgan fingerprint density at radius 2 is 1.83 bits per heavy atom. The van der Waals surface area contributed by atoms with Gasteiger partial charge in [0.15, 0.2) is 0 Å². The molecule has 0 saturated carbocycles. The minimum absolute atomic E-state index is 0.939. The van der Waals surface area contributed by atoms with Gasteiger partial charge in [0.2, 0.25) is 0 Å². The first-order valence-electron chi connectivity index (χ1n) is 7.38. The Hall–Kier alpha value is -1.02. The van der Waals surface area contributed by atoms with Crippen molar-refractivity contribution in [1.29, 1.82) is 0 Å². The van der Waals surface area contributed by atoms with E-state index in [2.05, 4.69) is 41.0 Å². The zero-order chi connectivity index (χ0) is 12.4. The average Bonchev–Trinajstić information content (AvgIpc) is 2.82. The molecule has 1 aromatic rings. The first-order chi connectivity index (χ1) is 8.83. The van der Waals surface area contributed by atoms with Crippen LogP contribution in [-0.2, 0) is 6.42 Å². The summed E-state index contributed by atoms with van der Waals surface area (Å²) < 4.78 is 0. The number of piperidine rings is 1. The van der Waals surface area contributed by atoms with Crippen molar-refractivity contribution in [2.24, 2.45) is 5.92 Å². The van der Waals surface area contributed by atoms with Crippen LogP contribution in [0.15, 0.2) is 24.3 Å². The first-order valence-corrected chi connectivity index (χ1v) is 7.38. The highest BCUT2D eigenvalue weighted by Gasteiger charge is 2.20. The molecular formula is C16H24N2. The van der Waals surface area contributed by atoms with Crippen LogP contribution in [0.5, 0.6) is 0 Å². The van der Waals surface area contributed by atoms with Crippen LogP contribution >= 0.6 is 0 Å². The Morgan fingerprint density at radius 3 is 2.67 bits per heavy atom. The SMILES string of the molecule is CC1CCN(CCN2CCc3ccccc32)CC1. The zero-order valence-corrected chi connectivity index (χ0v) is 11.4. The second kappa shape index (κ2) is 5.31. The van der Waals surface area contributed by atoms with Gasteiger partial charge < -0.3 is 9.80 Å². The standard InChI is InChI=1S/C16H24N2/c1-14-6-9-17(10-7-14)12-13-18-11-8-15-4-2-3-5-16(15)18/h2-5,14H,6-13H2,1H3. The fourth-order valence-electron chi connectivity index (χ4n) is 3.19. The van der Waals surface area contributed by atoms with E-state index in [1.807, 2.05) is 0 Å². The maximum Gasteiger partial charge on any atom is 0.0399 e. The molecule has 0 aliphatic carbocycles. The van der Waals surface area contributed by atoms with Crippen LogP contribution in [0.3, 0.4) is 0 Å². The summed E-state index contributed by atoms with van der Waals surface area (Å²) in [6.45, 7) is 8.64. The van der Waals surface area contributed by atoms with E-state index in [-0.39, 0.29) is 0 Å². The molecule has 18 heavy (non-hydrogen) atoms. The van der Waals surface area contributed by atoms with Crippen LogP contribution in [0.4, 0.5) is 5.69 Å². The Kier molecular flexibility index (Phi) is 3.55. The van der Waals surface area contributed by atoms with Gasteiger partial charge in [0.25, 0.3) is 0 Å². The second-order valence-electron chi connectivity index (χ2n) is 5.89. The van der Waals surface area contributed by atoms with Gasteiger partial charge in [-0.05, 0) is 49.9 Å². The van der Waals surface area contributed by atoms with Crippen molar-refractivity contribution in [2.45, 2.75) is 26.2 Å². The molecule has 1 aromatic carbocycles. The van der Waals surface area contributed by atoms with Gasteiger partial charge in [-0.25, -0.2) is 0 Å². The predicted molar refractivity (Wildman–Crippen MR) is 77.2 cm³/mol. The smallest absolute Gasteiger partial charge is 0.0399 e. The van der Waals surface area contributed by atoms with E-state index in [1.54, 1.807) is 0 Å². The van der Waals surface area contributed by atoms with Gasteiger partial charge in [-0.3, -0.25) is 0 Å². The van der Waals surface area contributed by atoms with Gasteiger partial charge in [-0.1, -0.05) is 25.1 Å². The zero-order valence-electron chi connectivity index (χ0n) is 11.4. The molecule has 1 fully saturated rings. The Bertz CT molecular complexity index is 394. The van der Waals surface area contributed by atoms with Crippen molar-refractivity contribution < 1.29 is 0 Å². The monoisotopic (exact) mass is 244 g/mol. The van der Waals surface area contributed by atoms with Gasteiger partial charge in [-0.15, -0.1) is 0 Å². The van der Waals surface area contributed by atoms with Gasteiger partial charge in [0.1, 0.15) is 0 Å². The lowest BCUT2D eigenvalue weighted by Crippen LogP contribution is -2.39. The maximum absolute atomic E-state index is 2.64. The third kappa shape index (κ3) is 2.54. The molecule has 0 bridgehead atoms. The lowest BCUT2D eigenvalue weighted by Gasteiger charge is -2.32. The molecule has 2 aliphatic heterocycles. The summed E-state index contributed by atoms with van der Waals surface area (Å²) in [5.41, 5.74) is 3.01. The Labute approximate surface area is 111 Å². The average molecular weight is 244 g/mol. The molecule has 0 amide bonds. The van der Waals surface area contributed by atoms with Crippen LogP contribution in [-0.4, -0.2) is 37.6 Å². The molecule has 0 atom stereocenters. The van der Waals surface area contributed by atoms with Crippen LogP contribution in [0, 0.1) is 5.92 Å². The molecular weight excluding hydrogens is 220 g/mol. The summed E-state index contributed by atoms with van der Waals surface area (Å²) in [7, 11) is 0. The van der Waals surface area contributed by atoms with E-state index in [0.717, 1.165) is 5.92 Å². The molecule has 2 heteroatoms. The van der Waals surface area contributed by atoms with Crippen molar-refractivity contribution in [3.8, 4) is 0 Å². The molecule has 0 N–H and O–H groups in total. The molecule has 2 aliphatic rings. The molecule has 0 unspecified atom stereocenters. The minimum Gasteiger partial charge on any atom is -0.370 e. The third-order valence-corrected chi connectivity index (χ3v) is 4.55. The fourth-order valence-corrected chi connectivity index (χ4v) is 3.19. The molecule has 2 heterocycles. The van der Waals surface area contributed by atoms with E-state index in [1.165, 1.54) is 63.2 Å². The Morgan fingerprint density at radius 1 is 1.06 bits per heavy atom. The molecule has 0 radical (unpaired) electrons. The molecule has 0 spiro atoms. The normalized spacial score (nSPS) is 21.3. The third-order valence-electron chi connectivity index (χ3n) is 4.55. The summed E-state index contributed by atoms with van der Waals surface area (Å²) in [6, 6.07) is 8.88. The Balaban J connectivity index is 1.53. The van der Waals surface area contributed by atoms with E-state index < -0.39 is 0 Å². The van der Waals surface area contributed by atoms with E-state index in [0.29, 0.717) is 0 Å². The molecule has 3 rings (SSSR count). The number of nitrogens with zero attached hydrogens (tertiary/aromatic N) is 2. The van der Waals surface area contributed by atoms with E-state index in [9.17, 15) is 0 Å². The highest BCUT2D eigenvalue weighted by molar-refractivity contribution is 5.57. The van der Waals surface area contributed by atoms with Gasteiger partial charge in [0, 0.05) is 25.3 Å². The fraction of sp³-hybridized carbons (Fsp3) is 0.625. The van der Waals surface area contributed by atoms with E-state index >= 15 is 0 Å². The topological polar surface area (TPSA) is 6.48 Å². The van der Waals surface area contributed by atoms with Crippen molar-refractivity contribution in [3.05, 3.63) is 29.8 Å². The largest absolute Gasteiger partial charge is 0.370 e. The lowest BCUT2D eigenvalue weighted by molar-refractivity contribution is 0.196. The van der Waals surface area contributed by atoms with Crippen LogP contribution < -0.4 is 4.90 Å². The minimum atomic E-state index is 0.939. The van der Waals surface area contributed by atoms with Crippen LogP contribution in [0.2, 0.25) is 0 Å². The van der Waals surface area contributed by atoms with Crippen molar-refractivity contribution in [2.75, 3.05) is 37.6 Å². The first kappa shape index (κ1) is 12.0. The van der Waals surface area contributed by atoms with Gasteiger partial charge in [-0.2, -0.15) is 0 Å². The molecule has 2 nitrogen and oxygen atoms in total. The molecule has 0 aromatic heterocycles. The number of hydrogen-bond donors (Lipinski definition) is 0. The number of rotatable bonds is 3. The number of fused-ring (bicyclic) bond motifs is 1. The van der Waals surface area contributed by atoms with Crippen molar-refractivity contribution in [3.63, 3.8) is 0 Å². The van der Waals surface area contributed by atoms with Crippen LogP contribution in [0.1, 0.15) is 25.3 Å². The van der Waals surface area contributed by atoms with Gasteiger partial charge in [0.05, 0.1) is 0 Å². The maximum atomic E-state index is 2.64. The number of anilines is 1. The molecule has 1 saturated heterocycles. The van der Waals surface area contributed by atoms with Gasteiger partial charge >= 0.3 is 0 Å². The highest BCUT2D eigenvalue weighted by Crippen LogP contribution is 2.27. The van der Waals surface area contributed by atoms with Crippen LogP contribution in [0.25, 0.3) is 0 Å². The number of benzene rings is 1. The number of hydrogen-bond acceptors (Lipinski definition) is 2. The predicted octanol–water partition coefficient (Wildman–Crippen LogP) is 2.78. The summed E-state index contributed by atoms with van der Waals surface area (Å²) in [5.74, 6) is 0.939. The summed E-state index contributed by atoms with van der Waals surface area (Å²) in [4.78, 5) is 5.20. The summed E-state index contributed by atoms with van der Waals surface area (Å²) in [5, 5.41) is 0. The summed E-state index contributed by atoms with van der Waals surface area (Å²) in [6.07, 6.45) is 4.00. The number of para-hydroxylation sites is 1. The van der Waals surface area contributed by atoms with Crippen molar-refractivity contribution in [1.82, 2.24) is 4.90 Å². The highest BCUT2D eigenvalue weighted by atomic mass is 15.2. The quantitative estimate of drug-likeness (QED) is 0.806. The number of likely N-dealkylation sites (tertiary alicyclic amines) is 1. The molecule has 98 valence electrons. The van der Waals surface area contributed by atoms with Crippen molar-refractivity contribution >= 4 is 5.69 Å².